The van der Waals surface area contributed by atoms with E-state index in [1.807, 2.05) is 29.2 Å². The number of hydrogen-bond donors (Lipinski definition) is 0. The number of ether oxygens (including phenoxy) is 1. The van der Waals surface area contributed by atoms with E-state index in [1.54, 1.807) is 12.3 Å². The molecule has 4 nitrogen and oxygen atoms in total. The van der Waals surface area contributed by atoms with E-state index in [9.17, 15) is 4.79 Å². The molecule has 0 spiro atoms. The summed E-state index contributed by atoms with van der Waals surface area (Å²) in [7, 11) is 0. The summed E-state index contributed by atoms with van der Waals surface area (Å²) in [4.78, 5) is 14.8. The molecule has 0 N–H and O–H groups in total. The first-order chi connectivity index (χ1) is 10.2. The fourth-order valence-corrected chi connectivity index (χ4v) is 3.05. The maximum Gasteiger partial charge on any atom is 0.265 e. The first-order valence-electron chi connectivity index (χ1n) is 6.84. The van der Waals surface area contributed by atoms with Gasteiger partial charge in [0, 0.05) is 37.2 Å². The number of aromatic nitrogens is 1. The van der Waals surface area contributed by atoms with E-state index >= 15 is 0 Å². The average molecular weight is 323 g/mol. The van der Waals surface area contributed by atoms with Crippen LogP contribution in [0.25, 0.3) is 0 Å². The van der Waals surface area contributed by atoms with Gasteiger partial charge in [-0.05, 0) is 41.9 Å². The molecule has 110 valence electrons. The van der Waals surface area contributed by atoms with Gasteiger partial charge in [0.15, 0.2) is 0 Å². The zero-order valence-corrected chi connectivity index (χ0v) is 12.9. The molecule has 3 rings (SSSR count). The number of nitrogens with zero attached hydrogens (tertiary/aromatic N) is 2. The van der Waals surface area contributed by atoms with Crippen molar-refractivity contribution in [1.29, 1.82) is 0 Å². The maximum atomic E-state index is 12.2. The van der Waals surface area contributed by atoms with E-state index in [1.165, 1.54) is 11.5 Å². The molecule has 6 heteroatoms. The molecule has 0 radical (unpaired) electrons. The van der Waals surface area contributed by atoms with Crippen LogP contribution >= 0.6 is 23.1 Å². The topological polar surface area (TPSA) is 42.4 Å². The Hall–Kier alpha value is -1.59. The van der Waals surface area contributed by atoms with Crippen LogP contribution < -0.4 is 4.74 Å². The second kappa shape index (κ2) is 6.45. The van der Waals surface area contributed by atoms with Gasteiger partial charge in [-0.15, -0.1) is 0 Å². The lowest BCUT2D eigenvalue weighted by molar-refractivity contribution is 0.0600. The van der Waals surface area contributed by atoms with Crippen LogP contribution in [0.5, 0.6) is 5.75 Å². The van der Waals surface area contributed by atoms with Crippen LogP contribution in [0.2, 0.25) is 5.02 Å². The summed E-state index contributed by atoms with van der Waals surface area (Å²) < 4.78 is 9.90. The van der Waals surface area contributed by atoms with Crippen LogP contribution in [-0.4, -0.2) is 34.4 Å². The monoisotopic (exact) mass is 322 g/mol. The lowest BCUT2D eigenvalue weighted by atomic mass is 10.1. The lowest BCUT2D eigenvalue weighted by Crippen LogP contribution is -2.41. The number of likely N-dealkylation sites (tertiary alicyclic amines) is 1. The maximum absolute atomic E-state index is 12.2. The molecule has 1 aliphatic rings. The second-order valence-electron chi connectivity index (χ2n) is 4.94. The minimum absolute atomic E-state index is 0.0717. The zero-order chi connectivity index (χ0) is 14.7. The van der Waals surface area contributed by atoms with Gasteiger partial charge >= 0.3 is 0 Å². The van der Waals surface area contributed by atoms with Gasteiger partial charge in [-0.1, -0.05) is 11.6 Å². The molecule has 0 aliphatic carbocycles. The van der Waals surface area contributed by atoms with Gasteiger partial charge in [0.25, 0.3) is 5.91 Å². The molecule has 2 heterocycles. The van der Waals surface area contributed by atoms with Crippen LogP contribution in [-0.2, 0) is 0 Å². The highest BCUT2D eigenvalue weighted by molar-refractivity contribution is 7.08. The van der Waals surface area contributed by atoms with Crippen molar-refractivity contribution < 1.29 is 9.53 Å². The highest BCUT2D eigenvalue weighted by Gasteiger charge is 2.25. The van der Waals surface area contributed by atoms with E-state index in [4.69, 9.17) is 16.3 Å². The van der Waals surface area contributed by atoms with Gasteiger partial charge < -0.3 is 9.64 Å². The van der Waals surface area contributed by atoms with Crippen molar-refractivity contribution in [3.63, 3.8) is 0 Å². The van der Waals surface area contributed by atoms with Crippen LogP contribution in [0.4, 0.5) is 0 Å². The number of carbonyl (C=O) groups excluding carboxylic acids is 1. The molecule has 1 saturated heterocycles. The molecule has 0 atom stereocenters. The Morgan fingerprint density at radius 3 is 2.57 bits per heavy atom. The largest absolute Gasteiger partial charge is 0.490 e. The van der Waals surface area contributed by atoms with Gasteiger partial charge in [0.1, 0.15) is 16.7 Å². The summed E-state index contributed by atoms with van der Waals surface area (Å²) in [6.45, 7) is 1.43. The third-order valence-corrected chi connectivity index (χ3v) is 4.48. The highest BCUT2D eigenvalue weighted by Crippen LogP contribution is 2.22. The molecule has 0 saturated carbocycles. The Morgan fingerprint density at radius 1 is 1.24 bits per heavy atom. The first-order valence-corrected chi connectivity index (χ1v) is 8.00. The molecular weight excluding hydrogens is 308 g/mol. The predicted octanol–water partition coefficient (Wildman–Crippen LogP) is 3.48. The SMILES string of the molecule is O=C(c1ccns1)N1CCC(Oc2ccc(Cl)cc2)CC1. The minimum Gasteiger partial charge on any atom is -0.490 e. The van der Waals surface area contributed by atoms with Gasteiger partial charge in [0.05, 0.1) is 0 Å². The number of hydrogen-bond acceptors (Lipinski definition) is 4. The highest BCUT2D eigenvalue weighted by atomic mass is 35.5. The van der Waals surface area contributed by atoms with Crippen molar-refractivity contribution in [2.24, 2.45) is 0 Å². The molecule has 0 unspecified atom stereocenters. The summed E-state index contributed by atoms with van der Waals surface area (Å²) in [5.41, 5.74) is 0. The summed E-state index contributed by atoms with van der Waals surface area (Å²) in [6.07, 6.45) is 3.49. The third kappa shape index (κ3) is 3.54. The predicted molar refractivity (Wildman–Crippen MR) is 83.1 cm³/mol. The van der Waals surface area contributed by atoms with Crippen molar-refractivity contribution in [2.75, 3.05) is 13.1 Å². The lowest BCUT2D eigenvalue weighted by Gasteiger charge is -2.31. The van der Waals surface area contributed by atoms with Crippen LogP contribution in [0, 0.1) is 0 Å². The first kappa shape index (κ1) is 14.4. The quantitative estimate of drug-likeness (QED) is 0.869. The summed E-state index contributed by atoms with van der Waals surface area (Å²) in [5, 5.41) is 0.701. The second-order valence-corrected chi connectivity index (χ2v) is 6.21. The Kier molecular flexibility index (Phi) is 4.41. The number of halogens is 1. The van der Waals surface area contributed by atoms with Crippen molar-refractivity contribution in [1.82, 2.24) is 9.27 Å². The summed E-state index contributed by atoms with van der Waals surface area (Å²) in [5.74, 6) is 0.897. The molecule has 21 heavy (non-hydrogen) atoms. The van der Waals surface area contributed by atoms with E-state index in [2.05, 4.69) is 4.37 Å². The molecule has 1 aromatic carbocycles. The molecule has 1 aliphatic heterocycles. The van der Waals surface area contributed by atoms with Crippen molar-refractivity contribution in [3.05, 3.63) is 46.4 Å². The van der Waals surface area contributed by atoms with E-state index < -0.39 is 0 Å². The Morgan fingerprint density at radius 2 is 1.95 bits per heavy atom. The number of benzene rings is 1. The normalized spacial score (nSPS) is 16.0. The van der Waals surface area contributed by atoms with E-state index in [0.29, 0.717) is 9.90 Å². The third-order valence-electron chi connectivity index (χ3n) is 3.49. The summed E-state index contributed by atoms with van der Waals surface area (Å²) >= 11 is 7.10. The van der Waals surface area contributed by atoms with Crippen LogP contribution in [0.3, 0.4) is 0 Å². The number of amides is 1. The van der Waals surface area contributed by atoms with Crippen molar-refractivity contribution in [3.8, 4) is 5.75 Å². The Labute approximate surface area is 132 Å². The number of rotatable bonds is 3. The molecular formula is C15H15ClN2O2S. The smallest absolute Gasteiger partial charge is 0.265 e. The number of carbonyl (C=O) groups is 1. The standard InChI is InChI=1S/C15H15ClN2O2S/c16-11-1-3-12(4-2-11)20-13-6-9-18(10-7-13)15(19)14-5-8-17-21-14/h1-5,8,13H,6-7,9-10H2. The van der Waals surface area contributed by atoms with Crippen LogP contribution in [0.15, 0.2) is 36.5 Å². The average Bonchev–Trinajstić information content (AvgIpc) is 3.04. The van der Waals surface area contributed by atoms with Crippen molar-refractivity contribution in [2.45, 2.75) is 18.9 Å². The molecule has 2 aromatic rings. The van der Waals surface area contributed by atoms with E-state index in [0.717, 1.165) is 31.7 Å². The van der Waals surface area contributed by atoms with Gasteiger partial charge in [-0.2, -0.15) is 0 Å². The minimum atomic E-state index is 0.0717. The van der Waals surface area contributed by atoms with Gasteiger partial charge in [-0.25, -0.2) is 4.37 Å². The molecule has 1 amide bonds. The fraction of sp³-hybridized carbons (Fsp3) is 0.333. The van der Waals surface area contributed by atoms with Crippen molar-refractivity contribution >= 4 is 29.0 Å². The molecule has 1 fully saturated rings. The van der Waals surface area contributed by atoms with E-state index in [-0.39, 0.29) is 12.0 Å². The van der Waals surface area contributed by atoms with Gasteiger partial charge in [-0.3, -0.25) is 4.79 Å². The fourth-order valence-electron chi connectivity index (χ4n) is 2.36. The van der Waals surface area contributed by atoms with Crippen LogP contribution in [0.1, 0.15) is 22.5 Å². The summed E-state index contributed by atoms with van der Waals surface area (Å²) in [6, 6.07) is 9.15. The molecule has 0 bridgehead atoms. The molecule has 1 aromatic heterocycles. The Bertz CT molecular complexity index is 593. The Balaban J connectivity index is 1.53. The number of piperidine rings is 1. The van der Waals surface area contributed by atoms with Gasteiger partial charge in [0.2, 0.25) is 0 Å². The zero-order valence-electron chi connectivity index (χ0n) is 11.4.